The van der Waals surface area contributed by atoms with Crippen molar-refractivity contribution in [2.45, 2.75) is 38.5 Å². The molecule has 7 heteroatoms. The molecule has 0 N–H and O–H groups in total. The normalized spacial score (nSPS) is 18.8. The third-order valence-electron chi connectivity index (χ3n) is 6.73. The highest BCUT2D eigenvalue weighted by Gasteiger charge is 2.28. The molecular formula is C25H27N5O2. The molecule has 0 atom stereocenters. The van der Waals surface area contributed by atoms with Gasteiger partial charge in [0.05, 0.1) is 11.1 Å². The van der Waals surface area contributed by atoms with Gasteiger partial charge in [0.25, 0.3) is 5.91 Å². The molecule has 2 amide bonds. The summed E-state index contributed by atoms with van der Waals surface area (Å²) in [4.78, 5) is 35.7. The van der Waals surface area contributed by atoms with E-state index >= 15 is 0 Å². The fourth-order valence-corrected chi connectivity index (χ4v) is 4.75. The quantitative estimate of drug-likeness (QED) is 0.745. The molecule has 1 aliphatic carbocycles. The van der Waals surface area contributed by atoms with Crippen molar-refractivity contribution in [3.05, 3.63) is 52.7 Å². The number of anilines is 2. The lowest BCUT2D eigenvalue weighted by molar-refractivity contribution is -0.117. The van der Waals surface area contributed by atoms with Crippen molar-refractivity contribution >= 4 is 23.3 Å². The second kappa shape index (κ2) is 8.27. The van der Waals surface area contributed by atoms with Crippen LogP contribution in [0.4, 0.5) is 11.5 Å². The van der Waals surface area contributed by atoms with Gasteiger partial charge in [-0.15, -0.1) is 0 Å². The minimum atomic E-state index is -0.130. The Balaban J connectivity index is 1.27. The Morgan fingerprint density at radius 3 is 2.53 bits per heavy atom. The van der Waals surface area contributed by atoms with Crippen LogP contribution in [0.3, 0.4) is 0 Å². The molecule has 0 spiro atoms. The van der Waals surface area contributed by atoms with E-state index in [2.05, 4.69) is 24.0 Å². The third-order valence-corrected chi connectivity index (χ3v) is 6.73. The summed E-state index contributed by atoms with van der Waals surface area (Å²) in [5, 5.41) is 9.65. The van der Waals surface area contributed by atoms with E-state index < -0.39 is 0 Å². The van der Waals surface area contributed by atoms with Crippen LogP contribution in [0.1, 0.15) is 58.6 Å². The molecule has 3 aliphatic rings. The lowest BCUT2D eigenvalue weighted by Crippen LogP contribution is -2.49. The highest BCUT2D eigenvalue weighted by atomic mass is 16.2. The van der Waals surface area contributed by atoms with Gasteiger partial charge in [-0.2, -0.15) is 5.26 Å². The minimum Gasteiger partial charge on any atom is -0.353 e. The van der Waals surface area contributed by atoms with E-state index in [1.807, 2.05) is 6.20 Å². The number of hydrogen-bond acceptors (Lipinski definition) is 5. The largest absolute Gasteiger partial charge is 0.353 e. The molecule has 1 aromatic carbocycles. The lowest BCUT2D eigenvalue weighted by Gasteiger charge is -2.36. The predicted molar refractivity (Wildman–Crippen MR) is 122 cm³/mol. The van der Waals surface area contributed by atoms with E-state index in [4.69, 9.17) is 4.98 Å². The zero-order valence-electron chi connectivity index (χ0n) is 18.4. The van der Waals surface area contributed by atoms with Crippen molar-refractivity contribution in [1.82, 2.24) is 9.88 Å². The first-order chi connectivity index (χ1) is 15.5. The molecule has 2 aromatic rings. The molecule has 0 bridgehead atoms. The standard InChI is InChI=1S/C25H27N5O2/c1-17-13-20(18-4-5-18)16-27-24(17)28-9-11-29(12-10-28)25(32)22-7-6-21(14-19(22)15-26)30-8-2-3-23(30)31/h6-7,13-14,16,18H,2-5,8-12H2,1H3. The Labute approximate surface area is 188 Å². The van der Waals surface area contributed by atoms with Gasteiger partial charge in [0.1, 0.15) is 11.9 Å². The predicted octanol–water partition coefficient (Wildman–Crippen LogP) is 3.23. The number of carbonyl (C=O) groups is 2. The average molecular weight is 430 g/mol. The molecule has 32 heavy (non-hydrogen) atoms. The highest BCUT2D eigenvalue weighted by Crippen LogP contribution is 2.40. The van der Waals surface area contributed by atoms with Crippen molar-refractivity contribution < 1.29 is 9.59 Å². The van der Waals surface area contributed by atoms with Crippen LogP contribution in [0.25, 0.3) is 0 Å². The van der Waals surface area contributed by atoms with Gasteiger partial charge in [-0.25, -0.2) is 4.98 Å². The number of pyridine rings is 1. The van der Waals surface area contributed by atoms with Gasteiger partial charge >= 0.3 is 0 Å². The van der Waals surface area contributed by atoms with Gasteiger partial charge in [-0.05, 0) is 61.4 Å². The molecule has 164 valence electrons. The maximum atomic E-state index is 13.2. The van der Waals surface area contributed by atoms with Crippen molar-refractivity contribution in [3.63, 3.8) is 0 Å². The lowest BCUT2D eigenvalue weighted by atomic mass is 10.0. The smallest absolute Gasteiger partial charge is 0.255 e. The Hall–Kier alpha value is -3.40. The van der Waals surface area contributed by atoms with Crippen LogP contribution >= 0.6 is 0 Å². The number of amides is 2. The fraction of sp³-hybridized carbons (Fsp3) is 0.440. The van der Waals surface area contributed by atoms with Crippen LogP contribution in [0.5, 0.6) is 0 Å². The van der Waals surface area contributed by atoms with E-state index in [9.17, 15) is 14.9 Å². The molecule has 0 unspecified atom stereocenters. The van der Waals surface area contributed by atoms with Crippen molar-refractivity contribution in [1.29, 1.82) is 5.26 Å². The van der Waals surface area contributed by atoms with Gasteiger partial charge in [0.15, 0.2) is 0 Å². The number of nitriles is 1. The second-order valence-electron chi connectivity index (χ2n) is 8.95. The first-order valence-corrected chi connectivity index (χ1v) is 11.4. The fourth-order valence-electron chi connectivity index (χ4n) is 4.75. The molecule has 2 saturated heterocycles. The topological polar surface area (TPSA) is 80.5 Å². The van der Waals surface area contributed by atoms with Gasteiger partial charge in [-0.1, -0.05) is 6.07 Å². The van der Waals surface area contributed by atoms with E-state index in [1.54, 1.807) is 28.0 Å². The van der Waals surface area contributed by atoms with Crippen LogP contribution in [0, 0.1) is 18.3 Å². The number of aryl methyl sites for hydroxylation is 1. The average Bonchev–Trinajstić information content (AvgIpc) is 3.59. The van der Waals surface area contributed by atoms with E-state index in [0.29, 0.717) is 61.9 Å². The maximum Gasteiger partial charge on any atom is 0.255 e. The molecule has 5 rings (SSSR count). The Bertz CT molecular complexity index is 1110. The zero-order valence-corrected chi connectivity index (χ0v) is 18.4. The Kier molecular flexibility index (Phi) is 5.30. The van der Waals surface area contributed by atoms with Crippen molar-refractivity contribution in [3.8, 4) is 6.07 Å². The Morgan fingerprint density at radius 2 is 1.91 bits per heavy atom. The van der Waals surface area contributed by atoms with Gasteiger partial charge in [-0.3, -0.25) is 9.59 Å². The SMILES string of the molecule is Cc1cc(C2CC2)cnc1N1CCN(C(=O)c2ccc(N3CCCC3=O)cc2C#N)CC1. The summed E-state index contributed by atoms with van der Waals surface area (Å²) in [6, 6.07) is 9.54. The summed E-state index contributed by atoms with van der Waals surface area (Å²) in [5.41, 5.74) is 3.94. The van der Waals surface area contributed by atoms with Crippen LogP contribution in [0.2, 0.25) is 0 Å². The van der Waals surface area contributed by atoms with Crippen LogP contribution < -0.4 is 9.80 Å². The summed E-state index contributed by atoms with van der Waals surface area (Å²) in [7, 11) is 0. The number of nitrogens with zero attached hydrogens (tertiary/aromatic N) is 5. The number of aromatic nitrogens is 1. The molecule has 3 heterocycles. The van der Waals surface area contributed by atoms with Crippen LogP contribution in [-0.4, -0.2) is 54.4 Å². The van der Waals surface area contributed by atoms with E-state index in [1.165, 1.54) is 24.0 Å². The first kappa shape index (κ1) is 20.5. The first-order valence-electron chi connectivity index (χ1n) is 11.4. The molecular weight excluding hydrogens is 402 g/mol. The molecule has 2 aliphatic heterocycles. The van der Waals surface area contributed by atoms with Gasteiger partial charge in [0, 0.05) is 51.0 Å². The maximum absolute atomic E-state index is 13.2. The molecule has 1 saturated carbocycles. The van der Waals surface area contributed by atoms with Gasteiger partial charge < -0.3 is 14.7 Å². The molecule has 7 nitrogen and oxygen atoms in total. The number of rotatable bonds is 4. The number of hydrogen-bond donors (Lipinski definition) is 0. The zero-order chi connectivity index (χ0) is 22.2. The highest BCUT2D eigenvalue weighted by molar-refractivity contribution is 5.99. The van der Waals surface area contributed by atoms with Gasteiger partial charge in [0.2, 0.25) is 5.91 Å². The monoisotopic (exact) mass is 429 g/mol. The number of carbonyl (C=O) groups excluding carboxylic acids is 2. The van der Waals surface area contributed by atoms with Crippen LogP contribution in [-0.2, 0) is 4.79 Å². The van der Waals surface area contributed by atoms with Crippen LogP contribution in [0.15, 0.2) is 30.5 Å². The molecule has 1 aromatic heterocycles. The second-order valence-corrected chi connectivity index (χ2v) is 8.95. The summed E-state index contributed by atoms with van der Waals surface area (Å²) >= 11 is 0. The van der Waals surface area contributed by atoms with E-state index in [0.717, 1.165) is 12.2 Å². The van der Waals surface area contributed by atoms with Crippen molar-refractivity contribution in [2.24, 2.45) is 0 Å². The minimum absolute atomic E-state index is 0.0677. The summed E-state index contributed by atoms with van der Waals surface area (Å²) < 4.78 is 0. The number of benzene rings is 1. The third kappa shape index (κ3) is 3.81. The molecule has 0 radical (unpaired) electrons. The Morgan fingerprint density at radius 1 is 1.12 bits per heavy atom. The molecule has 3 fully saturated rings. The number of piperazine rings is 1. The summed E-state index contributed by atoms with van der Waals surface area (Å²) in [6.45, 7) is 5.37. The van der Waals surface area contributed by atoms with E-state index in [-0.39, 0.29) is 11.8 Å². The summed E-state index contributed by atoms with van der Waals surface area (Å²) in [6.07, 6.45) is 5.89. The summed E-state index contributed by atoms with van der Waals surface area (Å²) in [5.74, 6) is 1.63. The van der Waals surface area contributed by atoms with Crippen molar-refractivity contribution in [2.75, 3.05) is 42.5 Å².